The van der Waals surface area contributed by atoms with Crippen molar-refractivity contribution in [3.8, 4) is 23.0 Å². The van der Waals surface area contributed by atoms with Crippen LogP contribution in [0, 0.1) is 0 Å². The normalized spacial score (nSPS) is 13.4. The summed E-state index contributed by atoms with van der Waals surface area (Å²) in [5.41, 5.74) is 1.72. The van der Waals surface area contributed by atoms with Crippen LogP contribution in [0.1, 0.15) is 33.2 Å². The number of carbonyl (C=O) groups excluding carboxylic acids is 2. The second-order valence-electron chi connectivity index (χ2n) is 7.01. The van der Waals surface area contributed by atoms with E-state index in [-0.39, 0.29) is 23.9 Å². The zero-order chi connectivity index (χ0) is 22.5. The Morgan fingerprint density at radius 2 is 1.72 bits per heavy atom. The van der Waals surface area contributed by atoms with Gasteiger partial charge in [0, 0.05) is 17.2 Å². The number of methoxy groups -OCH3 is 1. The summed E-state index contributed by atoms with van der Waals surface area (Å²) >= 11 is 0. The molecule has 162 valence electrons. The number of ketones is 2. The summed E-state index contributed by atoms with van der Waals surface area (Å²) < 4.78 is 22.1. The molecule has 0 radical (unpaired) electrons. The van der Waals surface area contributed by atoms with E-state index in [1.54, 1.807) is 55.7 Å². The number of rotatable bonds is 8. The van der Waals surface area contributed by atoms with E-state index in [1.807, 2.05) is 31.2 Å². The quantitative estimate of drug-likeness (QED) is 0.371. The first-order chi connectivity index (χ1) is 15.6. The highest BCUT2D eigenvalue weighted by Crippen LogP contribution is 2.35. The number of carbonyl (C=O) groups is 2. The van der Waals surface area contributed by atoms with E-state index in [0.717, 1.165) is 5.56 Å². The van der Waals surface area contributed by atoms with E-state index >= 15 is 0 Å². The van der Waals surface area contributed by atoms with Gasteiger partial charge in [-0.3, -0.25) is 9.59 Å². The lowest BCUT2D eigenvalue weighted by Gasteiger charge is -2.08. The van der Waals surface area contributed by atoms with Crippen molar-refractivity contribution in [2.45, 2.75) is 6.92 Å². The Bertz CT molecular complexity index is 1180. The summed E-state index contributed by atoms with van der Waals surface area (Å²) in [6.07, 6.45) is 1.67. The lowest BCUT2D eigenvalue weighted by molar-refractivity contribution is 0.0920. The van der Waals surface area contributed by atoms with E-state index in [9.17, 15) is 9.59 Å². The molecule has 0 unspecified atom stereocenters. The van der Waals surface area contributed by atoms with Crippen LogP contribution in [0.15, 0.2) is 72.5 Å². The number of fused-ring (bicyclic) bond motifs is 1. The maximum atomic E-state index is 12.7. The third-order valence-corrected chi connectivity index (χ3v) is 4.93. The maximum absolute atomic E-state index is 12.7. The Morgan fingerprint density at radius 3 is 2.47 bits per heavy atom. The van der Waals surface area contributed by atoms with Gasteiger partial charge < -0.3 is 18.9 Å². The molecule has 0 saturated heterocycles. The molecule has 3 aromatic rings. The first-order valence-corrected chi connectivity index (χ1v) is 10.2. The standard InChI is InChI=1S/C26H22O6/c1-3-30-23-7-5-4-6-18(23)14-25-26(28)21-13-12-20(15-24(21)32-25)31-16-22(27)17-8-10-19(29-2)11-9-17/h4-15H,3,16H2,1-2H3. The van der Waals surface area contributed by atoms with Gasteiger partial charge in [-0.1, -0.05) is 18.2 Å². The second kappa shape index (κ2) is 9.39. The molecule has 3 aromatic carbocycles. The highest BCUT2D eigenvalue weighted by Gasteiger charge is 2.28. The highest BCUT2D eigenvalue weighted by molar-refractivity contribution is 6.14. The minimum atomic E-state index is -0.216. The Labute approximate surface area is 186 Å². The van der Waals surface area contributed by atoms with Crippen LogP contribution in [0.2, 0.25) is 0 Å². The van der Waals surface area contributed by atoms with Gasteiger partial charge in [-0.2, -0.15) is 0 Å². The summed E-state index contributed by atoms with van der Waals surface area (Å²) in [6.45, 7) is 2.28. The predicted octanol–water partition coefficient (Wildman–Crippen LogP) is 4.97. The zero-order valence-electron chi connectivity index (χ0n) is 17.8. The molecular weight excluding hydrogens is 408 g/mol. The SMILES string of the molecule is CCOc1ccccc1C=C1Oc2cc(OCC(=O)c3ccc(OC)cc3)ccc2C1=O. The van der Waals surface area contributed by atoms with Crippen LogP contribution >= 0.6 is 0 Å². The molecule has 32 heavy (non-hydrogen) atoms. The monoisotopic (exact) mass is 430 g/mol. The summed E-state index contributed by atoms with van der Waals surface area (Å²) in [5.74, 6) is 2.01. The van der Waals surface area contributed by atoms with Crippen LogP contribution in [0.3, 0.4) is 0 Å². The number of benzene rings is 3. The molecule has 1 heterocycles. The van der Waals surface area contributed by atoms with E-state index in [2.05, 4.69) is 0 Å². The number of allylic oxidation sites excluding steroid dienone is 1. The molecule has 0 aromatic heterocycles. The van der Waals surface area contributed by atoms with Crippen LogP contribution in [-0.4, -0.2) is 31.9 Å². The summed E-state index contributed by atoms with van der Waals surface area (Å²) in [7, 11) is 1.57. The number of hydrogen-bond donors (Lipinski definition) is 0. The predicted molar refractivity (Wildman–Crippen MR) is 120 cm³/mol. The van der Waals surface area contributed by atoms with Crippen LogP contribution in [0.25, 0.3) is 6.08 Å². The molecule has 0 saturated carbocycles. The topological polar surface area (TPSA) is 71.1 Å². The molecule has 1 aliphatic heterocycles. The molecule has 6 heteroatoms. The highest BCUT2D eigenvalue weighted by atomic mass is 16.5. The molecule has 0 fully saturated rings. The van der Waals surface area contributed by atoms with Gasteiger partial charge in [-0.25, -0.2) is 0 Å². The Balaban J connectivity index is 1.46. The van der Waals surface area contributed by atoms with Crippen molar-refractivity contribution in [3.63, 3.8) is 0 Å². The van der Waals surface area contributed by atoms with E-state index in [1.165, 1.54) is 0 Å². The average Bonchev–Trinajstić information content (AvgIpc) is 3.13. The van der Waals surface area contributed by atoms with Gasteiger partial charge in [0.1, 0.15) is 23.0 Å². The van der Waals surface area contributed by atoms with Crippen molar-refractivity contribution < 1.29 is 28.5 Å². The molecule has 0 aliphatic carbocycles. The Hall–Kier alpha value is -4.06. The summed E-state index contributed by atoms with van der Waals surface area (Å²) in [6, 6.07) is 19.2. The third kappa shape index (κ3) is 4.49. The fourth-order valence-corrected chi connectivity index (χ4v) is 3.29. The van der Waals surface area contributed by atoms with Crippen molar-refractivity contribution >= 4 is 17.6 Å². The average molecular weight is 430 g/mol. The summed E-state index contributed by atoms with van der Waals surface area (Å²) in [5, 5.41) is 0. The largest absolute Gasteiger partial charge is 0.497 e. The molecule has 1 aliphatic rings. The molecular formula is C26H22O6. The first kappa shape index (κ1) is 21.2. The Kier molecular flexibility index (Phi) is 6.22. The molecule has 0 N–H and O–H groups in total. The van der Waals surface area contributed by atoms with Crippen LogP contribution in [-0.2, 0) is 0 Å². The van der Waals surface area contributed by atoms with Crippen LogP contribution in [0.5, 0.6) is 23.0 Å². The number of Topliss-reactive ketones (excluding diaryl/α,β-unsaturated/α-hetero) is 2. The van der Waals surface area contributed by atoms with Crippen LogP contribution < -0.4 is 18.9 Å². The fourth-order valence-electron chi connectivity index (χ4n) is 3.29. The van der Waals surface area contributed by atoms with Gasteiger partial charge >= 0.3 is 0 Å². The number of hydrogen-bond acceptors (Lipinski definition) is 6. The lowest BCUT2D eigenvalue weighted by Crippen LogP contribution is -2.11. The van der Waals surface area contributed by atoms with Gasteiger partial charge in [0.2, 0.25) is 5.78 Å². The maximum Gasteiger partial charge on any atom is 0.231 e. The molecule has 6 nitrogen and oxygen atoms in total. The number of para-hydroxylation sites is 1. The van der Waals surface area contributed by atoms with Crippen LogP contribution in [0.4, 0.5) is 0 Å². The van der Waals surface area contributed by atoms with Crippen molar-refractivity contribution in [2.75, 3.05) is 20.3 Å². The zero-order valence-corrected chi connectivity index (χ0v) is 17.8. The lowest BCUT2D eigenvalue weighted by atomic mass is 10.1. The molecule has 0 amide bonds. The number of ether oxygens (including phenoxy) is 4. The van der Waals surface area contributed by atoms with E-state index < -0.39 is 0 Å². The molecule has 4 rings (SSSR count). The minimum Gasteiger partial charge on any atom is -0.497 e. The van der Waals surface area contributed by atoms with E-state index in [4.69, 9.17) is 18.9 Å². The van der Waals surface area contributed by atoms with Gasteiger partial charge in [0.25, 0.3) is 0 Å². The van der Waals surface area contributed by atoms with Gasteiger partial charge in [-0.05, 0) is 55.5 Å². The minimum absolute atomic E-state index is 0.135. The fraction of sp³-hybridized carbons (Fsp3) is 0.154. The van der Waals surface area contributed by atoms with Crippen molar-refractivity contribution in [1.29, 1.82) is 0 Å². The molecule has 0 atom stereocenters. The van der Waals surface area contributed by atoms with E-state index in [0.29, 0.717) is 40.7 Å². The van der Waals surface area contributed by atoms with Crippen molar-refractivity contribution in [3.05, 3.63) is 89.2 Å². The smallest absolute Gasteiger partial charge is 0.231 e. The van der Waals surface area contributed by atoms with Crippen molar-refractivity contribution in [1.82, 2.24) is 0 Å². The molecule has 0 spiro atoms. The molecule has 0 bridgehead atoms. The summed E-state index contributed by atoms with van der Waals surface area (Å²) in [4.78, 5) is 25.1. The van der Waals surface area contributed by atoms with Gasteiger partial charge in [-0.15, -0.1) is 0 Å². The Morgan fingerprint density at radius 1 is 0.969 bits per heavy atom. The third-order valence-electron chi connectivity index (χ3n) is 4.93. The second-order valence-corrected chi connectivity index (χ2v) is 7.01. The first-order valence-electron chi connectivity index (χ1n) is 10.2. The van der Waals surface area contributed by atoms with Gasteiger partial charge in [0.05, 0.1) is 19.3 Å². The van der Waals surface area contributed by atoms with Crippen molar-refractivity contribution in [2.24, 2.45) is 0 Å². The van der Waals surface area contributed by atoms with Gasteiger partial charge in [0.15, 0.2) is 18.1 Å².